The van der Waals surface area contributed by atoms with Gasteiger partial charge in [0.25, 0.3) is 5.91 Å². The highest BCUT2D eigenvalue weighted by Crippen LogP contribution is 2.21. The molecule has 1 aliphatic rings. The van der Waals surface area contributed by atoms with E-state index in [1.807, 2.05) is 36.1 Å². The van der Waals surface area contributed by atoms with Crippen LogP contribution in [0.3, 0.4) is 0 Å². The number of hydrogen-bond donors (Lipinski definition) is 0. The number of likely N-dealkylation sites (tertiary alicyclic amines) is 1. The van der Waals surface area contributed by atoms with Crippen molar-refractivity contribution >= 4 is 21.8 Å². The van der Waals surface area contributed by atoms with E-state index in [1.165, 1.54) is 0 Å². The van der Waals surface area contributed by atoms with Gasteiger partial charge in [-0.2, -0.15) is 0 Å². The van der Waals surface area contributed by atoms with E-state index in [1.54, 1.807) is 0 Å². The third-order valence-electron chi connectivity index (χ3n) is 3.08. The molecule has 1 atom stereocenters. The Morgan fingerprint density at radius 2 is 2.38 bits per heavy atom. The summed E-state index contributed by atoms with van der Waals surface area (Å²) in [4.78, 5) is 14.3. The predicted molar refractivity (Wildman–Crippen MR) is 69.0 cm³/mol. The van der Waals surface area contributed by atoms with Crippen LogP contribution in [-0.4, -0.2) is 28.7 Å². The molecule has 0 spiro atoms. The zero-order valence-corrected chi connectivity index (χ0v) is 11.0. The van der Waals surface area contributed by atoms with Gasteiger partial charge in [0.1, 0.15) is 0 Å². The maximum atomic E-state index is 12.3. The van der Waals surface area contributed by atoms with Crippen molar-refractivity contribution in [1.82, 2.24) is 4.90 Å². The lowest BCUT2D eigenvalue weighted by Gasteiger charge is -2.23. The highest BCUT2D eigenvalue weighted by atomic mass is 79.9. The van der Waals surface area contributed by atoms with Crippen molar-refractivity contribution in [2.24, 2.45) is 0 Å². The molecule has 0 aliphatic carbocycles. The molecule has 1 aliphatic heterocycles. The van der Waals surface area contributed by atoms with Crippen LogP contribution in [0.25, 0.3) is 0 Å². The summed E-state index contributed by atoms with van der Waals surface area (Å²) in [6, 6.07) is 8.20. The van der Waals surface area contributed by atoms with Gasteiger partial charge in [-0.3, -0.25) is 4.79 Å². The minimum absolute atomic E-state index is 0.172. The quantitative estimate of drug-likeness (QED) is 0.764. The van der Waals surface area contributed by atoms with Crippen molar-refractivity contribution in [1.29, 1.82) is 0 Å². The van der Waals surface area contributed by atoms with Crippen molar-refractivity contribution in [3.05, 3.63) is 35.4 Å². The standard InChI is InChI=1S/C13H16BrNO/c1-10-4-2-5-11(8-10)13(16)15-7-3-6-12(15)9-14/h2,4-5,8,12H,3,6-7,9H2,1H3/t12-/m0/s1. The molecule has 1 aromatic carbocycles. The fraction of sp³-hybridized carbons (Fsp3) is 0.462. The van der Waals surface area contributed by atoms with Gasteiger partial charge in [0.05, 0.1) is 0 Å². The van der Waals surface area contributed by atoms with Gasteiger partial charge in [0.2, 0.25) is 0 Å². The van der Waals surface area contributed by atoms with Gasteiger partial charge in [-0.1, -0.05) is 33.6 Å². The van der Waals surface area contributed by atoms with E-state index >= 15 is 0 Å². The molecule has 0 radical (unpaired) electrons. The molecule has 2 rings (SSSR count). The highest BCUT2D eigenvalue weighted by molar-refractivity contribution is 9.09. The molecule has 1 saturated heterocycles. The van der Waals surface area contributed by atoms with Crippen molar-refractivity contribution in [2.45, 2.75) is 25.8 Å². The lowest BCUT2D eigenvalue weighted by Crippen LogP contribution is -2.36. The molecule has 1 aromatic rings. The first-order valence-electron chi connectivity index (χ1n) is 5.66. The van der Waals surface area contributed by atoms with Crippen molar-refractivity contribution < 1.29 is 4.79 Å². The second-order valence-electron chi connectivity index (χ2n) is 4.32. The Morgan fingerprint density at radius 3 is 3.06 bits per heavy atom. The van der Waals surface area contributed by atoms with Crippen molar-refractivity contribution in [3.8, 4) is 0 Å². The first kappa shape index (κ1) is 11.6. The highest BCUT2D eigenvalue weighted by Gasteiger charge is 2.28. The van der Waals surface area contributed by atoms with Crippen molar-refractivity contribution in [2.75, 3.05) is 11.9 Å². The Bertz CT molecular complexity index is 391. The van der Waals surface area contributed by atoms with E-state index in [0.717, 1.165) is 35.8 Å². The lowest BCUT2D eigenvalue weighted by molar-refractivity contribution is 0.0750. The molecule has 3 heteroatoms. The summed E-state index contributed by atoms with van der Waals surface area (Å²) in [5.41, 5.74) is 1.95. The topological polar surface area (TPSA) is 20.3 Å². The number of alkyl halides is 1. The lowest BCUT2D eigenvalue weighted by atomic mass is 10.1. The monoisotopic (exact) mass is 281 g/mol. The van der Waals surface area contributed by atoms with Crippen LogP contribution in [0.4, 0.5) is 0 Å². The number of halogens is 1. The SMILES string of the molecule is Cc1cccc(C(=O)N2CCC[C@H]2CBr)c1. The molecule has 2 nitrogen and oxygen atoms in total. The Labute approximate surface area is 105 Å². The molecule has 0 bridgehead atoms. The normalized spacial score (nSPS) is 20.1. The molecule has 0 unspecified atom stereocenters. The van der Waals surface area contributed by atoms with Gasteiger partial charge in [-0.05, 0) is 31.9 Å². The maximum Gasteiger partial charge on any atom is 0.254 e. The Morgan fingerprint density at radius 1 is 1.56 bits per heavy atom. The molecular formula is C13H16BrNO. The first-order chi connectivity index (χ1) is 7.72. The summed E-state index contributed by atoms with van der Waals surface area (Å²) < 4.78 is 0. The molecule has 1 fully saturated rings. The van der Waals surface area contributed by atoms with Crippen molar-refractivity contribution in [3.63, 3.8) is 0 Å². The maximum absolute atomic E-state index is 12.3. The number of rotatable bonds is 2. The van der Waals surface area contributed by atoms with E-state index < -0.39 is 0 Å². The van der Waals surface area contributed by atoms with E-state index in [9.17, 15) is 4.79 Å². The molecule has 1 amide bonds. The summed E-state index contributed by atoms with van der Waals surface area (Å²) in [5, 5.41) is 0.880. The Balaban J connectivity index is 2.18. The molecule has 16 heavy (non-hydrogen) atoms. The van der Waals surface area contributed by atoms with Gasteiger partial charge in [-0.25, -0.2) is 0 Å². The predicted octanol–water partition coefficient (Wildman–Crippen LogP) is 2.99. The van der Waals surface area contributed by atoms with E-state index in [2.05, 4.69) is 15.9 Å². The van der Waals surface area contributed by atoms with Crippen LogP contribution in [0.1, 0.15) is 28.8 Å². The average Bonchev–Trinajstić information content (AvgIpc) is 2.76. The first-order valence-corrected chi connectivity index (χ1v) is 6.78. The smallest absolute Gasteiger partial charge is 0.254 e. The largest absolute Gasteiger partial charge is 0.335 e. The minimum atomic E-state index is 0.172. The summed E-state index contributed by atoms with van der Waals surface area (Å²) in [7, 11) is 0. The molecular weight excluding hydrogens is 266 g/mol. The van der Waals surface area contributed by atoms with Gasteiger partial charge in [0.15, 0.2) is 0 Å². The second-order valence-corrected chi connectivity index (χ2v) is 4.97. The van der Waals surface area contributed by atoms with Crippen LogP contribution in [-0.2, 0) is 0 Å². The third-order valence-corrected chi connectivity index (χ3v) is 3.83. The van der Waals surface area contributed by atoms with E-state index in [4.69, 9.17) is 0 Å². The minimum Gasteiger partial charge on any atom is -0.335 e. The molecule has 0 N–H and O–H groups in total. The van der Waals surface area contributed by atoms with Crippen LogP contribution >= 0.6 is 15.9 Å². The second kappa shape index (κ2) is 5.00. The van der Waals surface area contributed by atoms with Crippen LogP contribution in [0, 0.1) is 6.92 Å². The molecule has 1 heterocycles. The summed E-state index contributed by atoms with van der Waals surface area (Å²) in [6.45, 7) is 2.91. The number of carbonyl (C=O) groups is 1. The van der Waals surface area contributed by atoms with E-state index in [-0.39, 0.29) is 5.91 Å². The zero-order valence-electron chi connectivity index (χ0n) is 9.45. The number of hydrogen-bond acceptors (Lipinski definition) is 1. The molecule has 0 aromatic heterocycles. The van der Waals surface area contributed by atoms with Crippen LogP contribution < -0.4 is 0 Å². The fourth-order valence-electron chi connectivity index (χ4n) is 2.21. The van der Waals surface area contributed by atoms with Gasteiger partial charge >= 0.3 is 0 Å². The average molecular weight is 282 g/mol. The zero-order chi connectivity index (χ0) is 11.5. The van der Waals surface area contributed by atoms with Gasteiger partial charge in [0, 0.05) is 23.5 Å². The third kappa shape index (κ3) is 2.29. The fourth-order valence-corrected chi connectivity index (χ4v) is 2.88. The molecule has 86 valence electrons. The van der Waals surface area contributed by atoms with Gasteiger partial charge in [-0.15, -0.1) is 0 Å². The van der Waals surface area contributed by atoms with Crippen LogP contribution in [0.15, 0.2) is 24.3 Å². The number of carbonyl (C=O) groups excluding carboxylic acids is 1. The number of aryl methyl sites for hydroxylation is 1. The summed E-state index contributed by atoms with van der Waals surface area (Å²) in [5.74, 6) is 0.172. The Kier molecular flexibility index (Phi) is 3.64. The van der Waals surface area contributed by atoms with Gasteiger partial charge < -0.3 is 4.90 Å². The molecule has 0 saturated carbocycles. The van der Waals surface area contributed by atoms with Crippen LogP contribution in [0.5, 0.6) is 0 Å². The Hall–Kier alpha value is -0.830. The summed E-state index contributed by atoms with van der Waals surface area (Å²) >= 11 is 3.48. The number of benzene rings is 1. The van der Waals surface area contributed by atoms with E-state index in [0.29, 0.717) is 6.04 Å². The van der Waals surface area contributed by atoms with Crippen LogP contribution in [0.2, 0.25) is 0 Å². The summed E-state index contributed by atoms with van der Waals surface area (Å²) in [6.07, 6.45) is 2.23. The number of amides is 1. The number of nitrogens with zero attached hydrogens (tertiary/aromatic N) is 1.